The fourth-order valence-electron chi connectivity index (χ4n) is 3.04. The molecule has 3 heterocycles. The highest BCUT2D eigenvalue weighted by molar-refractivity contribution is 14.0. The van der Waals surface area contributed by atoms with Crippen molar-refractivity contribution < 1.29 is 9.13 Å². The molecule has 4 rings (SSSR count). The van der Waals surface area contributed by atoms with E-state index >= 15 is 0 Å². The Kier molecular flexibility index (Phi) is 7.80. The van der Waals surface area contributed by atoms with Gasteiger partial charge >= 0.3 is 0 Å². The number of pyridine rings is 1. The van der Waals surface area contributed by atoms with E-state index in [2.05, 4.69) is 24.8 Å². The molecule has 0 atom stereocenters. The van der Waals surface area contributed by atoms with Crippen molar-refractivity contribution in [3.63, 3.8) is 0 Å². The fraction of sp³-hybridized carbons (Fsp3) is 0.250. The summed E-state index contributed by atoms with van der Waals surface area (Å²) < 4.78 is 19.1. The van der Waals surface area contributed by atoms with Crippen molar-refractivity contribution >= 4 is 46.4 Å². The van der Waals surface area contributed by atoms with Gasteiger partial charge in [-0.15, -0.1) is 35.3 Å². The first-order chi connectivity index (χ1) is 14.2. The van der Waals surface area contributed by atoms with Gasteiger partial charge in [-0.2, -0.15) is 0 Å². The third-order valence-electron chi connectivity index (χ3n) is 4.57. The van der Waals surface area contributed by atoms with E-state index in [0.29, 0.717) is 24.1 Å². The Bertz CT molecular complexity index is 979. The summed E-state index contributed by atoms with van der Waals surface area (Å²) in [4.78, 5) is 17.4. The summed E-state index contributed by atoms with van der Waals surface area (Å²) in [5, 5.41) is 3.02. The number of aromatic nitrogens is 2. The number of halogens is 2. The van der Waals surface area contributed by atoms with E-state index in [4.69, 9.17) is 10.5 Å². The van der Waals surface area contributed by atoms with Gasteiger partial charge in [0.05, 0.1) is 6.54 Å². The monoisotopic (exact) mass is 540 g/mol. The van der Waals surface area contributed by atoms with Crippen LogP contribution in [0.5, 0.6) is 11.6 Å². The predicted octanol–water partition coefficient (Wildman–Crippen LogP) is 3.72. The van der Waals surface area contributed by atoms with Gasteiger partial charge in [0.1, 0.15) is 11.6 Å². The molecule has 1 aliphatic heterocycles. The summed E-state index contributed by atoms with van der Waals surface area (Å²) in [5.41, 5.74) is 7.00. The number of benzene rings is 1. The van der Waals surface area contributed by atoms with Crippen LogP contribution in [0, 0.1) is 5.82 Å². The average Bonchev–Trinajstić information content (AvgIpc) is 3.28. The van der Waals surface area contributed by atoms with Crippen LogP contribution in [0.25, 0.3) is 0 Å². The summed E-state index contributed by atoms with van der Waals surface area (Å²) >= 11 is 1.64. The first-order valence-corrected chi connectivity index (χ1v) is 10.1. The van der Waals surface area contributed by atoms with E-state index in [0.717, 1.165) is 36.9 Å². The molecule has 1 aliphatic rings. The molecule has 1 fully saturated rings. The van der Waals surface area contributed by atoms with Crippen LogP contribution in [0.4, 0.5) is 9.52 Å². The van der Waals surface area contributed by atoms with Gasteiger partial charge in [-0.1, -0.05) is 12.1 Å². The van der Waals surface area contributed by atoms with Crippen molar-refractivity contribution in [2.24, 2.45) is 10.7 Å². The smallest absolute Gasteiger partial charge is 0.224 e. The first kappa shape index (κ1) is 22.2. The maximum Gasteiger partial charge on any atom is 0.224 e. The van der Waals surface area contributed by atoms with Crippen molar-refractivity contribution in [1.29, 1.82) is 0 Å². The van der Waals surface area contributed by atoms with Crippen LogP contribution >= 0.6 is 35.3 Å². The molecule has 0 spiro atoms. The number of hydrogen-bond donors (Lipinski definition) is 1. The second-order valence-electron chi connectivity index (χ2n) is 6.49. The third-order valence-corrected chi connectivity index (χ3v) is 5.40. The topological polar surface area (TPSA) is 79.9 Å². The van der Waals surface area contributed by atoms with Crippen LogP contribution in [0.15, 0.2) is 59.2 Å². The molecule has 1 saturated heterocycles. The minimum Gasteiger partial charge on any atom is -0.439 e. The molecule has 30 heavy (non-hydrogen) atoms. The van der Waals surface area contributed by atoms with Crippen molar-refractivity contribution in [1.82, 2.24) is 14.9 Å². The molecule has 0 radical (unpaired) electrons. The third kappa shape index (κ3) is 5.57. The van der Waals surface area contributed by atoms with Gasteiger partial charge in [-0.25, -0.2) is 19.4 Å². The zero-order valence-electron chi connectivity index (χ0n) is 16.1. The molecule has 10 heteroatoms. The van der Waals surface area contributed by atoms with Crippen LogP contribution in [0.3, 0.4) is 0 Å². The highest BCUT2D eigenvalue weighted by Gasteiger charge is 2.20. The Balaban J connectivity index is 0.00000256. The van der Waals surface area contributed by atoms with Crippen molar-refractivity contribution in [3.05, 3.63) is 65.6 Å². The number of guanidine groups is 1. The molecule has 1 aromatic carbocycles. The molecule has 2 aromatic heterocycles. The largest absolute Gasteiger partial charge is 0.439 e. The Hall–Kier alpha value is -2.47. The molecule has 3 aromatic rings. The van der Waals surface area contributed by atoms with E-state index in [-0.39, 0.29) is 29.8 Å². The van der Waals surface area contributed by atoms with E-state index < -0.39 is 0 Å². The van der Waals surface area contributed by atoms with Gasteiger partial charge < -0.3 is 20.3 Å². The summed E-state index contributed by atoms with van der Waals surface area (Å²) in [6, 6.07) is 9.64. The summed E-state index contributed by atoms with van der Waals surface area (Å²) in [6.45, 7) is 3.61. The predicted molar refractivity (Wildman–Crippen MR) is 127 cm³/mol. The minimum absolute atomic E-state index is 0. The lowest BCUT2D eigenvalue weighted by Gasteiger charge is -2.35. The number of thiazole rings is 1. The average molecular weight is 540 g/mol. The Labute approximate surface area is 195 Å². The van der Waals surface area contributed by atoms with Gasteiger partial charge in [0.25, 0.3) is 0 Å². The highest BCUT2D eigenvalue weighted by atomic mass is 127. The van der Waals surface area contributed by atoms with E-state index in [9.17, 15) is 4.39 Å². The van der Waals surface area contributed by atoms with Crippen LogP contribution in [-0.2, 0) is 6.54 Å². The Morgan fingerprint density at radius 2 is 1.97 bits per heavy atom. The number of aliphatic imine (C=N–C) groups is 1. The van der Waals surface area contributed by atoms with Gasteiger partial charge in [0.15, 0.2) is 11.1 Å². The molecule has 0 aliphatic carbocycles. The molecule has 2 N–H and O–H groups in total. The number of nitrogens with zero attached hydrogens (tertiary/aromatic N) is 5. The first-order valence-electron chi connectivity index (χ1n) is 9.25. The van der Waals surface area contributed by atoms with E-state index in [1.807, 2.05) is 23.7 Å². The Morgan fingerprint density at radius 3 is 2.70 bits per heavy atom. The molecular weight excluding hydrogens is 518 g/mol. The number of nitrogens with two attached hydrogens (primary N) is 1. The summed E-state index contributed by atoms with van der Waals surface area (Å²) in [5.74, 6) is 0.909. The fourth-order valence-corrected chi connectivity index (χ4v) is 3.74. The van der Waals surface area contributed by atoms with Crippen LogP contribution in [0.2, 0.25) is 0 Å². The van der Waals surface area contributed by atoms with Crippen LogP contribution in [-0.4, -0.2) is 47.0 Å². The highest BCUT2D eigenvalue weighted by Crippen LogP contribution is 2.24. The summed E-state index contributed by atoms with van der Waals surface area (Å²) in [6.07, 6.45) is 3.45. The molecule has 7 nitrogen and oxygen atoms in total. The van der Waals surface area contributed by atoms with Gasteiger partial charge in [0.2, 0.25) is 5.88 Å². The van der Waals surface area contributed by atoms with Crippen molar-refractivity contribution in [3.8, 4) is 11.6 Å². The number of piperazine rings is 1. The molecule has 0 saturated carbocycles. The van der Waals surface area contributed by atoms with E-state index in [1.165, 1.54) is 12.1 Å². The van der Waals surface area contributed by atoms with Gasteiger partial charge in [-0.05, 0) is 18.2 Å². The maximum absolute atomic E-state index is 13.4. The number of hydrogen-bond acceptors (Lipinski definition) is 6. The standard InChI is InChI=1S/C20H21FN6OS.HI/c21-16-4-1-5-17(13-16)28-18-15(3-2-6-23-18)14-25-19(22)26-8-10-27(11-9-26)20-24-7-12-29-20;/h1-7,12-13H,8-11,14H2,(H2,22,25);1H. The molecule has 0 unspecified atom stereocenters. The molecule has 0 amide bonds. The lowest BCUT2D eigenvalue weighted by Crippen LogP contribution is -2.51. The maximum atomic E-state index is 13.4. The Morgan fingerprint density at radius 1 is 1.13 bits per heavy atom. The second kappa shape index (κ2) is 10.5. The normalized spacial score (nSPS) is 14.4. The van der Waals surface area contributed by atoms with Crippen molar-refractivity contribution in [2.75, 3.05) is 31.1 Å². The lowest BCUT2D eigenvalue weighted by molar-refractivity contribution is 0.380. The number of anilines is 1. The van der Waals surface area contributed by atoms with Crippen molar-refractivity contribution in [2.45, 2.75) is 6.54 Å². The molecule has 0 bridgehead atoms. The van der Waals surface area contributed by atoms with Gasteiger partial charge in [-0.3, -0.25) is 0 Å². The zero-order valence-corrected chi connectivity index (χ0v) is 19.3. The van der Waals surface area contributed by atoms with Crippen LogP contribution < -0.4 is 15.4 Å². The zero-order chi connectivity index (χ0) is 20.1. The quantitative estimate of drug-likeness (QED) is 0.302. The number of ether oxygens (including phenoxy) is 1. The molecule has 158 valence electrons. The van der Waals surface area contributed by atoms with Crippen LogP contribution in [0.1, 0.15) is 5.56 Å². The van der Waals surface area contributed by atoms with E-state index in [1.54, 1.807) is 29.7 Å². The summed E-state index contributed by atoms with van der Waals surface area (Å²) in [7, 11) is 0. The SMILES string of the molecule is I.NC(=NCc1cccnc1Oc1cccc(F)c1)N1CCN(c2nccs2)CC1. The minimum atomic E-state index is -0.362. The molecular formula is C20H22FIN6OS. The number of rotatable bonds is 5. The second-order valence-corrected chi connectivity index (χ2v) is 7.36. The van der Waals surface area contributed by atoms with Gasteiger partial charge in [0, 0.05) is 55.6 Å². The lowest BCUT2D eigenvalue weighted by atomic mass is 10.2.